The average molecular weight is 253 g/mol. The van der Waals surface area contributed by atoms with E-state index in [1.165, 1.54) is 32.1 Å². The van der Waals surface area contributed by atoms with Crippen molar-refractivity contribution in [3.8, 4) is 0 Å². The van der Waals surface area contributed by atoms with E-state index < -0.39 is 0 Å². The van der Waals surface area contributed by atoms with E-state index in [4.69, 9.17) is 4.74 Å². The monoisotopic (exact) mass is 253 g/mol. The average Bonchev–Trinajstić information content (AvgIpc) is 2.35. The Labute approximate surface area is 113 Å². The van der Waals surface area contributed by atoms with E-state index in [0.717, 1.165) is 12.5 Å². The number of nitrogens with one attached hydrogen (secondary N) is 1. The zero-order chi connectivity index (χ0) is 13.4. The molecule has 2 rings (SSSR count). The lowest BCUT2D eigenvalue weighted by atomic mass is 9.66. The second-order valence-corrected chi connectivity index (χ2v) is 7.29. The third kappa shape index (κ3) is 2.75. The lowest BCUT2D eigenvalue weighted by Crippen LogP contribution is -2.58. The fourth-order valence-electron chi connectivity index (χ4n) is 3.56. The third-order valence-electron chi connectivity index (χ3n) is 5.80. The molecule has 1 aliphatic heterocycles. The second kappa shape index (κ2) is 5.13. The molecule has 1 spiro atoms. The van der Waals surface area contributed by atoms with Crippen LogP contribution in [0.5, 0.6) is 0 Å². The van der Waals surface area contributed by atoms with Crippen molar-refractivity contribution in [2.75, 3.05) is 6.54 Å². The van der Waals surface area contributed by atoms with Gasteiger partial charge in [-0.2, -0.15) is 0 Å². The molecule has 2 nitrogen and oxygen atoms in total. The summed E-state index contributed by atoms with van der Waals surface area (Å²) < 4.78 is 6.36. The summed E-state index contributed by atoms with van der Waals surface area (Å²) >= 11 is 0. The molecule has 106 valence electrons. The van der Waals surface area contributed by atoms with Crippen LogP contribution >= 0.6 is 0 Å². The van der Waals surface area contributed by atoms with Crippen LogP contribution in [0.4, 0.5) is 0 Å². The largest absolute Gasteiger partial charge is 0.369 e. The van der Waals surface area contributed by atoms with Gasteiger partial charge in [0, 0.05) is 12.6 Å². The van der Waals surface area contributed by atoms with Crippen molar-refractivity contribution in [3.63, 3.8) is 0 Å². The molecule has 2 atom stereocenters. The molecule has 0 amide bonds. The zero-order valence-corrected chi connectivity index (χ0v) is 12.9. The Hall–Kier alpha value is -0.0800. The van der Waals surface area contributed by atoms with E-state index >= 15 is 0 Å². The van der Waals surface area contributed by atoms with E-state index in [1.54, 1.807) is 0 Å². The van der Waals surface area contributed by atoms with E-state index in [-0.39, 0.29) is 5.60 Å². The smallest absolute Gasteiger partial charge is 0.0811 e. The standard InChI is InChI=1S/C16H31NO/c1-6-15(4,5)14-7-9-16(10-8-14)11-17-12(2)13(3)18-16/h12-14,17H,6-11H2,1-5H3. The molecule has 1 saturated heterocycles. The lowest BCUT2D eigenvalue weighted by Gasteiger charge is -2.49. The Morgan fingerprint density at radius 2 is 1.83 bits per heavy atom. The van der Waals surface area contributed by atoms with Gasteiger partial charge in [0.05, 0.1) is 11.7 Å². The quantitative estimate of drug-likeness (QED) is 0.809. The van der Waals surface area contributed by atoms with Gasteiger partial charge < -0.3 is 10.1 Å². The zero-order valence-electron chi connectivity index (χ0n) is 12.9. The predicted molar refractivity (Wildman–Crippen MR) is 76.8 cm³/mol. The fourth-order valence-corrected chi connectivity index (χ4v) is 3.56. The Kier molecular flexibility index (Phi) is 4.08. The van der Waals surface area contributed by atoms with Crippen LogP contribution in [0.15, 0.2) is 0 Å². The van der Waals surface area contributed by atoms with E-state index in [0.29, 0.717) is 17.6 Å². The molecule has 0 radical (unpaired) electrons. The fraction of sp³-hybridized carbons (Fsp3) is 1.00. The molecule has 2 heteroatoms. The van der Waals surface area contributed by atoms with Crippen molar-refractivity contribution >= 4 is 0 Å². The third-order valence-corrected chi connectivity index (χ3v) is 5.80. The molecule has 2 fully saturated rings. The number of rotatable bonds is 2. The van der Waals surface area contributed by atoms with Crippen LogP contribution < -0.4 is 5.32 Å². The van der Waals surface area contributed by atoms with Gasteiger partial charge in [-0.3, -0.25) is 0 Å². The highest BCUT2D eigenvalue weighted by molar-refractivity contribution is 4.96. The summed E-state index contributed by atoms with van der Waals surface area (Å²) in [5, 5.41) is 3.63. The predicted octanol–water partition coefficient (Wildman–Crippen LogP) is 3.75. The molecule has 1 saturated carbocycles. The van der Waals surface area contributed by atoms with Crippen LogP contribution in [0, 0.1) is 11.3 Å². The molecule has 2 aliphatic rings. The molecule has 0 bridgehead atoms. The Bertz CT molecular complexity index is 279. The van der Waals surface area contributed by atoms with Crippen LogP contribution in [-0.2, 0) is 4.74 Å². The summed E-state index contributed by atoms with van der Waals surface area (Å²) in [6, 6.07) is 0.500. The molecular formula is C16H31NO. The molecule has 0 aromatic carbocycles. The van der Waals surface area contributed by atoms with Crippen molar-refractivity contribution in [2.24, 2.45) is 11.3 Å². The summed E-state index contributed by atoms with van der Waals surface area (Å²) in [6.45, 7) is 12.7. The van der Waals surface area contributed by atoms with Crippen LogP contribution in [0.1, 0.15) is 66.7 Å². The van der Waals surface area contributed by atoms with Gasteiger partial charge in [-0.05, 0) is 50.9 Å². The van der Waals surface area contributed by atoms with Crippen molar-refractivity contribution in [1.82, 2.24) is 5.32 Å². The maximum absolute atomic E-state index is 6.36. The first kappa shape index (κ1) is 14.3. The van der Waals surface area contributed by atoms with Crippen molar-refractivity contribution in [2.45, 2.75) is 84.5 Å². The van der Waals surface area contributed by atoms with Gasteiger partial charge in [0.15, 0.2) is 0 Å². The summed E-state index contributed by atoms with van der Waals surface area (Å²) in [4.78, 5) is 0. The van der Waals surface area contributed by atoms with E-state index in [2.05, 4.69) is 39.9 Å². The van der Waals surface area contributed by atoms with Gasteiger partial charge in [-0.15, -0.1) is 0 Å². The molecule has 1 heterocycles. The highest BCUT2D eigenvalue weighted by Crippen LogP contribution is 2.45. The molecule has 0 aromatic heterocycles. The summed E-state index contributed by atoms with van der Waals surface area (Å²) in [5.74, 6) is 0.881. The minimum atomic E-state index is 0.145. The summed E-state index contributed by atoms with van der Waals surface area (Å²) in [6.07, 6.45) is 6.80. The Morgan fingerprint density at radius 1 is 1.22 bits per heavy atom. The number of ether oxygens (including phenoxy) is 1. The van der Waals surface area contributed by atoms with Crippen molar-refractivity contribution in [3.05, 3.63) is 0 Å². The summed E-state index contributed by atoms with van der Waals surface area (Å²) in [5.41, 5.74) is 0.648. The first-order valence-corrected chi connectivity index (χ1v) is 7.80. The molecule has 2 unspecified atom stereocenters. The van der Waals surface area contributed by atoms with Gasteiger partial charge in [-0.25, -0.2) is 0 Å². The van der Waals surface area contributed by atoms with E-state index in [9.17, 15) is 0 Å². The number of morpholine rings is 1. The maximum atomic E-state index is 6.36. The van der Waals surface area contributed by atoms with Gasteiger partial charge in [0.2, 0.25) is 0 Å². The highest BCUT2D eigenvalue weighted by Gasteiger charge is 2.43. The first-order valence-electron chi connectivity index (χ1n) is 7.80. The van der Waals surface area contributed by atoms with Gasteiger partial charge in [0.1, 0.15) is 0 Å². The van der Waals surface area contributed by atoms with Gasteiger partial charge >= 0.3 is 0 Å². The second-order valence-electron chi connectivity index (χ2n) is 7.29. The SMILES string of the molecule is CCC(C)(C)C1CCC2(CC1)CNC(C)C(C)O2. The molecule has 0 aromatic rings. The highest BCUT2D eigenvalue weighted by atomic mass is 16.5. The normalized spacial score (nSPS) is 42.2. The first-order chi connectivity index (χ1) is 8.38. The van der Waals surface area contributed by atoms with Crippen LogP contribution in [0.3, 0.4) is 0 Å². The minimum Gasteiger partial charge on any atom is -0.369 e. The van der Waals surface area contributed by atoms with Crippen LogP contribution in [0.2, 0.25) is 0 Å². The van der Waals surface area contributed by atoms with Gasteiger partial charge in [-0.1, -0.05) is 27.2 Å². The molecule has 18 heavy (non-hydrogen) atoms. The maximum Gasteiger partial charge on any atom is 0.0811 e. The molecule has 1 aliphatic carbocycles. The van der Waals surface area contributed by atoms with Crippen molar-refractivity contribution in [1.29, 1.82) is 0 Å². The Morgan fingerprint density at radius 3 is 2.33 bits per heavy atom. The number of hydrogen-bond acceptors (Lipinski definition) is 2. The van der Waals surface area contributed by atoms with Crippen molar-refractivity contribution < 1.29 is 4.74 Å². The van der Waals surface area contributed by atoms with Crippen LogP contribution in [0.25, 0.3) is 0 Å². The lowest BCUT2D eigenvalue weighted by molar-refractivity contribution is -0.151. The topological polar surface area (TPSA) is 21.3 Å². The van der Waals surface area contributed by atoms with Gasteiger partial charge in [0.25, 0.3) is 0 Å². The molecular weight excluding hydrogens is 222 g/mol. The van der Waals surface area contributed by atoms with E-state index in [1.807, 2.05) is 0 Å². The number of hydrogen-bond donors (Lipinski definition) is 1. The summed E-state index contributed by atoms with van der Waals surface area (Å²) in [7, 11) is 0. The molecule has 1 N–H and O–H groups in total. The Balaban J connectivity index is 1.94. The minimum absolute atomic E-state index is 0.145. The van der Waals surface area contributed by atoms with Crippen LogP contribution in [-0.4, -0.2) is 24.3 Å².